The van der Waals surface area contributed by atoms with E-state index in [1.165, 1.54) is 7.05 Å². The summed E-state index contributed by atoms with van der Waals surface area (Å²) in [5.74, 6) is -0.159. The van der Waals surface area contributed by atoms with Crippen molar-refractivity contribution in [3.05, 3.63) is 0 Å². The maximum absolute atomic E-state index is 11.3. The van der Waals surface area contributed by atoms with Gasteiger partial charge in [0.15, 0.2) is 0 Å². The summed E-state index contributed by atoms with van der Waals surface area (Å²) in [5.41, 5.74) is -0.725. The van der Waals surface area contributed by atoms with Crippen LogP contribution in [-0.2, 0) is 14.8 Å². The summed E-state index contributed by atoms with van der Waals surface area (Å²) in [6.07, 6.45) is 0. The van der Waals surface area contributed by atoms with Crippen molar-refractivity contribution in [2.45, 2.75) is 20.8 Å². The lowest BCUT2D eigenvalue weighted by Gasteiger charge is -2.22. The molecule has 0 radical (unpaired) electrons. The highest BCUT2D eigenvalue weighted by Gasteiger charge is 2.27. The zero-order valence-corrected chi connectivity index (χ0v) is 9.86. The molecule has 0 unspecified atom stereocenters. The average molecular weight is 222 g/mol. The second kappa shape index (κ2) is 4.75. The Balaban J connectivity index is 4.33. The second-order valence-corrected chi connectivity index (χ2v) is 5.78. The molecule has 0 aliphatic carbocycles. The predicted molar refractivity (Wildman–Crippen MR) is 55.3 cm³/mol. The summed E-state index contributed by atoms with van der Waals surface area (Å²) in [6, 6.07) is 0. The van der Waals surface area contributed by atoms with Crippen molar-refractivity contribution < 1.29 is 13.2 Å². The van der Waals surface area contributed by atoms with Crippen molar-refractivity contribution in [3.63, 3.8) is 0 Å². The third-order valence-corrected chi connectivity index (χ3v) is 3.30. The highest BCUT2D eigenvalue weighted by Crippen LogP contribution is 2.13. The average Bonchev–Trinajstić information content (AvgIpc) is 2.14. The Kier molecular flexibility index (Phi) is 4.54. The van der Waals surface area contributed by atoms with E-state index in [1.807, 2.05) is 0 Å². The first-order chi connectivity index (χ1) is 6.25. The molecule has 0 aromatic rings. The van der Waals surface area contributed by atoms with E-state index in [-0.39, 0.29) is 18.2 Å². The van der Waals surface area contributed by atoms with E-state index in [4.69, 9.17) is 0 Å². The van der Waals surface area contributed by atoms with Gasteiger partial charge in [-0.15, -0.1) is 0 Å². The van der Waals surface area contributed by atoms with Crippen LogP contribution < -0.4 is 10.0 Å². The van der Waals surface area contributed by atoms with Crippen LogP contribution >= 0.6 is 0 Å². The van der Waals surface area contributed by atoms with E-state index < -0.39 is 15.4 Å². The molecular formula is C8H18N2O3S. The molecule has 0 aliphatic rings. The van der Waals surface area contributed by atoms with Crippen LogP contribution in [0.2, 0.25) is 0 Å². The number of carbonyl (C=O) groups excluding carboxylic acids is 1. The standard InChI is InChI=1S/C8H18N2O3S/c1-5-14(12,13)10-6-8(2,3)7(11)9-4/h10H,5-6H2,1-4H3,(H,9,11). The fourth-order valence-corrected chi connectivity index (χ4v) is 1.60. The molecule has 0 saturated heterocycles. The smallest absolute Gasteiger partial charge is 0.226 e. The number of hydrogen-bond acceptors (Lipinski definition) is 3. The maximum atomic E-state index is 11.3. The van der Waals surface area contributed by atoms with E-state index in [0.717, 1.165) is 0 Å². The Hall–Kier alpha value is -0.620. The second-order valence-electron chi connectivity index (χ2n) is 3.69. The molecule has 0 spiro atoms. The van der Waals surface area contributed by atoms with Gasteiger partial charge >= 0.3 is 0 Å². The van der Waals surface area contributed by atoms with Gasteiger partial charge in [0.05, 0.1) is 11.2 Å². The number of rotatable bonds is 5. The van der Waals surface area contributed by atoms with Gasteiger partial charge in [0, 0.05) is 13.6 Å². The van der Waals surface area contributed by atoms with Gasteiger partial charge in [0.1, 0.15) is 0 Å². The zero-order chi connectivity index (χ0) is 11.4. The number of nitrogens with one attached hydrogen (secondary N) is 2. The molecule has 0 aromatic heterocycles. The first-order valence-corrected chi connectivity index (χ1v) is 6.10. The van der Waals surface area contributed by atoms with Gasteiger partial charge in [0.25, 0.3) is 0 Å². The Morgan fingerprint density at radius 2 is 1.86 bits per heavy atom. The maximum Gasteiger partial charge on any atom is 0.226 e. The third-order valence-electron chi connectivity index (χ3n) is 1.96. The fourth-order valence-electron chi connectivity index (χ4n) is 0.811. The number of carbonyl (C=O) groups is 1. The van der Waals surface area contributed by atoms with Gasteiger partial charge in [-0.3, -0.25) is 4.79 Å². The minimum absolute atomic E-state index is 0.0246. The Morgan fingerprint density at radius 1 is 1.36 bits per heavy atom. The van der Waals surface area contributed by atoms with Crippen LogP contribution in [0.4, 0.5) is 0 Å². The van der Waals surface area contributed by atoms with Crippen molar-refractivity contribution >= 4 is 15.9 Å². The quantitative estimate of drug-likeness (QED) is 0.670. The molecule has 0 rings (SSSR count). The van der Waals surface area contributed by atoms with Gasteiger partial charge in [-0.05, 0) is 20.8 Å². The van der Waals surface area contributed by atoms with E-state index >= 15 is 0 Å². The minimum atomic E-state index is -3.22. The van der Waals surface area contributed by atoms with Crippen molar-refractivity contribution in [1.29, 1.82) is 0 Å². The summed E-state index contributed by atoms with van der Waals surface area (Å²) < 4.78 is 24.6. The van der Waals surface area contributed by atoms with Crippen molar-refractivity contribution in [1.82, 2.24) is 10.0 Å². The lowest BCUT2D eigenvalue weighted by Crippen LogP contribution is -2.44. The molecule has 0 aromatic carbocycles. The first-order valence-electron chi connectivity index (χ1n) is 4.44. The summed E-state index contributed by atoms with van der Waals surface area (Å²) in [6.45, 7) is 5.03. The van der Waals surface area contributed by atoms with Crippen molar-refractivity contribution in [2.75, 3.05) is 19.3 Å². The summed E-state index contributed by atoms with van der Waals surface area (Å²) in [5, 5.41) is 2.49. The lowest BCUT2D eigenvalue weighted by atomic mass is 9.93. The normalized spacial score (nSPS) is 12.6. The van der Waals surface area contributed by atoms with Crippen LogP contribution in [0.15, 0.2) is 0 Å². The number of sulfonamides is 1. The van der Waals surface area contributed by atoms with Crippen LogP contribution in [-0.4, -0.2) is 33.7 Å². The molecule has 0 fully saturated rings. The van der Waals surface area contributed by atoms with E-state index in [2.05, 4.69) is 10.0 Å². The fraction of sp³-hybridized carbons (Fsp3) is 0.875. The van der Waals surface area contributed by atoms with E-state index in [0.29, 0.717) is 0 Å². The molecule has 0 bridgehead atoms. The highest BCUT2D eigenvalue weighted by molar-refractivity contribution is 7.89. The largest absolute Gasteiger partial charge is 0.359 e. The number of hydrogen-bond donors (Lipinski definition) is 2. The molecule has 2 N–H and O–H groups in total. The third kappa shape index (κ3) is 4.06. The van der Waals surface area contributed by atoms with Crippen molar-refractivity contribution in [3.8, 4) is 0 Å². The highest BCUT2D eigenvalue weighted by atomic mass is 32.2. The minimum Gasteiger partial charge on any atom is -0.359 e. The van der Waals surface area contributed by atoms with Gasteiger partial charge in [-0.25, -0.2) is 13.1 Å². The molecule has 0 aliphatic heterocycles. The van der Waals surface area contributed by atoms with Crippen molar-refractivity contribution in [2.24, 2.45) is 5.41 Å². The zero-order valence-electron chi connectivity index (χ0n) is 9.05. The monoisotopic (exact) mass is 222 g/mol. The molecule has 0 heterocycles. The van der Waals surface area contributed by atoms with Gasteiger partial charge < -0.3 is 5.32 Å². The lowest BCUT2D eigenvalue weighted by molar-refractivity contribution is -0.128. The van der Waals surface area contributed by atoms with E-state index in [1.54, 1.807) is 20.8 Å². The van der Waals surface area contributed by atoms with Crippen LogP contribution in [0.5, 0.6) is 0 Å². The molecule has 5 nitrogen and oxygen atoms in total. The molecule has 14 heavy (non-hydrogen) atoms. The molecule has 1 amide bonds. The Morgan fingerprint density at radius 3 is 2.21 bits per heavy atom. The molecule has 0 atom stereocenters. The van der Waals surface area contributed by atoms with Gasteiger partial charge in [-0.2, -0.15) is 0 Å². The molecular weight excluding hydrogens is 204 g/mol. The Labute approximate surface area is 85.3 Å². The van der Waals surface area contributed by atoms with Crippen LogP contribution in [0, 0.1) is 5.41 Å². The van der Waals surface area contributed by atoms with Gasteiger partial charge in [-0.1, -0.05) is 0 Å². The molecule has 6 heteroatoms. The topological polar surface area (TPSA) is 75.3 Å². The van der Waals surface area contributed by atoms with Crippen LogP contribution in [0.1, 0.15) is 20.8 Å². The van der Waals surface area contributed by atoms with Crippen LogP contribution in [0.25, 0.3) is 0 Å². The number of amides is 1. The Bertz CT molecular complexity index is 296. The first kappa shape index (κ1) is 13.4. The van der Waals surface area contributed by atoms with E-state index in [9.17, 15) is 13.2 Å². The summed E-state index contributed by atoms with van der Waals surface area (Å²) in [7, 11) is -1.70. The molecule has 84 valence electrons. The SMILES string of the molecule is CCS(=O)(=O)NCC(C)(C)C(=O)NC. The summed E-state index contributed by atoms with van der Waals surface area (Å²) in [4.78, 5) is 11.3. The van der Waals surface area contributed by atoms with Gasteiger partial charge in [0.2, 0.25) is 15.9 Å². The molecule has 0 saturated carbocycles. The summed E-state index contributed by atoms with van der Waals surface area (Å²) >= 11 is 0. The predicted octanol–water partition coefficient (Wildman–Crippen LogP) is -0.302. The van der Waals surface area contributed by atoms with Crippen LogP contribution in [0.3, 0.4) is 0 Å².